The summed E-state index contributed by atoms with van der Waals surface area (Å²) in [4.78, 5) is 21.4. The maximum atomic E-state index is 11.5. The van der Waals surface area contributed by atoms with Crippen LogP contribution in [0.15, 0.2) is 42.5 Å². The predicted molar refractivity (Wildman–Crippen MR) is 126 cm³/mol. The van der Waals surface area contributed by atoms with Crippen molar-refractivity contribution in [3.63, 3.8) is 0 Å². The van der Waals surface area contributed by atoms with E-state index >= 15 is 0 Å². The van der Waals surface area contributed by atoms with Crippen molar-refractivity contribution < 1.29 is 4.79 Å². The number of aromatic nitrogens is 2. The number of hydrogen-bond acceptors (Lipinski definition) is 5. The Bertz CT molecular complexity index is 1090. The van der Waals surface area contributed by atoms with Crippen molar-refractivity contribution in [2.24, 2.45) is 0 Å². The number of ketones is 1. The number of piperazine rings is 1. The molecular weight excluding hydrogens is 386 g/mol. The average Bonchev–Trinajstić information content (AvgIpc) is 3.08. The third-order valence-corrected chi connectivity index (χ3v) is 6.99. The molecule has 1 N–H and O–H groups in total. The van der Waals surface area contributed by atoms with Crippen molar-refractivity contribution in [3.05, 3.63) is 53.7 Å². The second kappa shape index (κ2) is 8.00. The van der Waals surface area contributed by atoms with Gasteiger partial charge in [0.25, 0.3) is 0 Å². The van der Waals surface area contributed by atoms with Gasteiger partial charge in [0.15, 0.2) is 5.78 Å². The number of aryl methyl sites for hydroxylation is 1. The van der Waals surface area contributed by atoms with Gasteiger partial charge in [0.1, 0.15) is 11.5 Å². The molecule has 6 heteroatoms. The smallest absolute Gasteiger partial charge is 0.159 e. The minimum atomic E-state index is 0.112. The van der Waals surface area contributed by atoms with E-state index in [1.807, 2.05) is 12.1 Å². The van der Waals surface area contributed by atoms with Gasteiger partial charge in [-0.25, -0.2) is 4.98 Å². The number of fused-ring (bicyclic) bond motifs is 1. The molecule has 1 saturated heterocycles. The maximum Gasteiger partial charge on any atom is 0.159 e. The highest BCUT2D eigenvalue weighted by atomic mass is 16.1. The molecule has 1 aliphatic heterocycles. The second-order valence-electron chi connectivity index (χ2n) is 8.93. The summed E-state index contributed by atoms with van der Waals surface area (Å²) in [6, 6.07) is 15.8. The Morgan fingerprint density at radius 2 is 1.68 bits per heavy atom. The highest BCUT2D eigenvalue weighted by molar-refractivity contribution is 5.94. The third kappa shape index (κ3) is 3.69. The molecule has 162 valence electrons. The lowest BCUT2D eigenvalue weighted by molar-refractivity contribution is 0.101. The fourth-order valence-electron chi connectivity index (χ4n) is 4.99. The van der Waals surface area contributed by atoms with Crippen molar-refractivity contribution in [3.8, 4) is 0 Å². The first kappa shape index (κ1) is 20.1. The van der Waals surface area contributed by atoms with E-state index < -0.39 is 0 Å². The largest absolute Gasteiger partial charge is 0.368 e. The topological polar surface area (TPSA) is 53.4 Å². The fraction of sp³-hybridized carbons (Fsp3) is 0.440. The van der Waals surface area contributed by atoms with Gasteiger partial charge in [-0.15, -0.1) is 0 Å². The number of nitrogens with one attached hydrogen (secondary N) is 1. The van der Waals surface area contributed by atoms with Crippen LogP contribution in [0.2, 0.25) is 0 Å². The van der Waals surface area contributed by atoms with E-state index in [1.165, 1.54) is 29.6 Å². The molecule has 1 saturated carbocycles. The zero-order valence-corrected chi connectivity index (χ0v) is 18.6. The van der Waals surface area contributed by atoms with E-state index in [1.54, 1.807) is 6.92 Å². The summed E-state index contributed by atoms with van der Waals surface area (Å²) in [5.74, 6) is 1.18. The average molecular weight is 418 g/mol. The zero-order chi connectivity index (χ0) is 21.5. The van der Waals surface area contributed by atoms with E-state index in [9.17, 15) is 4.79 Å². The molecule has 6 nitrogen and oxygen atoms in total. The van der Waals surface area contributed by atoms with Gasteiger partial charge in [0, 0.05) is 60.6 Å². The molecule has 5 rings (SSSR count). The first-order chi connectivity index (χ1) is 15.0. The number of Topliss-reactive ketones (excluding diaryl/α,β-unsaturated/α-hetero) is 1. The van der Waals surface area contributed by atoms with E-state index in [4.69, 9.17) is 4.98 Å². The molecule has 3 heterocycles. The van der Waals surface area contributed by atoms with Gasteiger partial charge in [-0.3, -0.25) is 4.79 Å². The van der Waals surface area contributed by atoms with Crippen LogP contribution in [0.1, 0.15) is 41.9 Å². The van der Waals surface area contributed by atoms with Gasteiger partial charge in [0.05, 0.1) is 0 Å². The van der Waals surface area contributed by atoms with Gasteiger partial charge >= 0.3 is 0 Å². The van der Waals surface area contributed by atoms with Crippen LogP contribution in [0, 0.1) is 6.92 Å². The SMILES string of the molecule is CNC1CC(n2c(C)cc3ccc(N4CCN(c5ccc(C(C)=O)cc5)CC4)nc32)C1. The van der Waals surface area contributed by atoms with Crippen LogP contribution in [-0.2, 0) is 0 Å². The Balaban J connectivity index is 1.31. The van der Waals surface area contributed by atoms with Gasteiger partial charge in [-0.1, -0.05) is 0 Å². The highest BCUT2D eigenvalue weighted by Crippen LogP contribution is 2.36. The summed E-state index contributed by atoms with van der Waals surface area (Å²) < 4.78 is 2.44. The molecule has 0 bridgehead atoms. The summed E-state index contributed by atoms with van der Waals surface area (Å²) in [5.41, 5.74) is 4.38. The van der Waals surface area contributed by atoms with Crippen LogP contribution in [-0.4, -0.2) is 54.6 Å². The predicted octanol–water partition coefficient (Wildman–Crippen LogP) is 3.80. The lowest BCUT2D eigenvalue weighted by Crippen LogP contribution is -2.46. The summed E-state index contributed by atoms with van der Waals surface area (Å²) in [5, 5.41) is 4.62. The second-order valence-corrected chi connectivity index (χ2v) is 8.93. The fourth-order valence-corrected chi connectivity index (χ4v) is 4.99. The molecule has 0 radical (unpaired) electrons. The van der Waals surface area contributed by atoms with E-state index in [0.717, 1.165) is 43.2 Å². The minimum absolute atomic E-state index is 0.112. The molecule has 0 atom stereocenters. The Morgan fingerprint density at radius 1 is 1.00 bits per heavy atom. The molecule has 0 amide bonds. The lowest BCUT2D eigenvalue weighted by atomic mass is 9.86. The van der Waals surface area contributed by atoms with Crippen LogP contribution < -0.4 is 15.1 Å². The number of hydrogen-bond donors (Lipinski definition) is 1. The molecule has 31 heavy (non-hydrogen) atoms. The number of carbonyl (C=O) groups excluding carboxylic acids is 1. The molecule has 0 unspecified atom stereocenters. The molecule has 2 aliphatic rings. The summed E-state index contributed by atoms with van der Waals surface area (Å²) >= 11 is 0. The maximum absolute atomic E-state index is 11.5. The molecule has 1 aliphatic carbocycles. The van der Waals surface area contributed by atoms with Gasteiger partial charge in [-0.05, 0) is 76.2 Å². The Morgan fingerprint density at radius 3 is 2.32 bits per heavy atom. The van der Waals surface area contributed by atoms with Crippen LogP contribution in [0.25, 0.3) is 11.0 Å². The lowest BCUT2D eigenvalue weighted by Gasteiger charge is -2.38. The van der Waals surface area contributed by atoms with E-state index in [2.05, 4.69) is 64.0 Å². The zero-order valence-electron chi connectivity index (χ0n) is 18.6. The van der Waals surface area contributed by atoms with E-state index in [-0.39, 0.29) is 5.78 Å². The van der Waals surface area contributed by atoms with Gasteiger partial charge < -0.3 is 19.7 Å². The first-order valence-electron chi connectivity index (χ1n) is 11.3. The number of rotatable bonds is 5. The highest BCUT2D eigenvalue weighted by Gasteiger charge is 2.31. The molecule has 1 aromatic carbocycles. The number of pyridine rings is 1. The minimum Gasteiger partial charge on any atom is -0.368 e. The van der Waals surface area contributed by atoms with Crippen molar-refractivity contribution in [1.82, 2.24) is 14.9 Å². The molecule has 3 aromatic rings. The van der Waals surface area contributed by atoms with Crippen molar-refractivity contribution >= 4 is 28.3 Å². The molecule has 2 fully saturated rings. The van der Waals surface area contributed by atoms with Crippen molar-refractivity contribution in [2.75, 3.05) is 43.0 Å². The Kier molecular flexibility index (Phi) is 5.18. The summed E-state index contributed by atoms with van der Waals surface area (Å²) in [7, 11) is 2.05. The third-order valence-electron chi connectivity index (χ3n) is 6.99. The molecule has 2 aromatic heterocycles. The number of benzene rings is 1. The van der Waals surface area contributed by atoms with Crippen molar-refractivity contribution in [1.29, 1.82) is 0 Å². The van der Waals surface area contributed by atoms with Crippen LogP contribution >= 0.6 is 0 Å². The quantitative estimate of drug-likeness (QED) is 0.640. The van der Waals surface area contributed by atoms with E-state index in [0.29, 0.717) is 12.1 Å². The Hall–Kier alpha value is -2.86. The first-order valence-corrected chi connectivity index (χ1v) is 11.3. The van der Waals surface area contributed by atoms with Crippen LogP contribution in [0.5, 0.6) is 0 Å². The van der Waals surface area contributed by atoms with Crippen molar-refractivity contribution in [2.45, 2.75) is 38.8 Å². The van der Waals surface area contributed by atoms with Crippen LogP contribution in [0.3, 0.4) is 0 Å². The monoisotopic (exact) mass is 417 g/mol. The molecule has 0 spiro atoms. The number of nitrogens with zero attached hydrogens (tertiary/aromatic N) is 4. The number of carbonyl (C=O) groups is 1. The Labute approximate surface area is 183 Å². The van der Waals surface area contributed by atoms with Crippen LogP contribution in [0.4, 0.5) is 11.5 Å². The molecular formula is C25H31N5O. The van der Waals surface area contributed by atoms with Gasteiger partial charge in [0.2, 0.25) is 0 Å². The number of anilines is 2. The van der Waals surface area contributed by atoms with Gasteiger partial charge in [-0.2, -0.15) is 0 Å². The summed E-state index contributed by atoms with van der Waals surface area (Å²) in [6.45, 7) is 7.59. The standard InChI is InChI=1S/C25H31N5O/c1-17-14-20-6-9-24(27-25(20)30(17)23-15-21(16-23)26-3)29-12-10-28(11-13-29)22-7-4-19(5-8-22)18(2)31/h4-9,14,21,23,26H,10-13,15-16H2,1-3H3. The summed E-state index contributed by atoms with van der Waals surface area (Å²) in [6.07, 6.45) is 2.35. The normalized spacial score (nSPS) is 21.4.